The number of aryl methyl sites for hydroxylation is 1. The van der Waals surface area contributed by atoms with Crippen molar-refractivity contribution in [2.24, 2.45) is 7.05 Å². The molecule has 0 amide bonds. The maximum absolute atomic E-state index is 3.92. The predicted octanol–water partition coefficient (Wildman–Crippen LogP) is 1.31. The summed E-state index contributed by atoms with van der Waals surface area (Å²) in [6, 6.07) is 0. The number of hydrogen-bond acceptors (Lipinski definition) is 2. The van der Waals surface area contributed by atoms with Gasteiger partial charge in [-0.05, 0) is 6.92 Å². The average molecular weight is 237 g/mol. The second-order valence-electron chi connectivity index (χ2n) is 1.93. The molecule has 0 radical (unpaired) electrons. The third-order valence-electron chi connectivity index (χ3n) is 1.03. The van der Waals surface area contributed by atoms with Crippen LogP contribution in [0.1, 0.15) is 16.5 Å². The van der Waals surface area contributed by atoms with E-state index in [9.17, 15) is 0 Å². The van der Waals surface area contributed by atoms with Crippen LogP contribution in [0.2, 0.25) is 0 Å². The van der Waals surface area contributed by atoms with Crippen LogP contribution in [0, 0.1) is 0 Å². The van der Waals surface area contributed by atoms with E-state index >= 15 is 0 Å². The number of hydrogen-bond donors (Lipinski definition) is 0. The van der Waals surface area contributed by atoms with Crippen molar-refractivity contribution in [1.82, 2.24) is 15.0 Å². The van der Waals surface area contributed by atoms with Gasteiger partial charge >= 0.3 is 0 Å². The van der Waals surface area contributed by atoms with Gasteiger partial charge in [0.2, 0.25) is 0 Å². The quantitative estimate of drug-likeness (QED) is 0.544. The first kappa shape index (κ1) is 6.98. The van der Waals surface area contributed by atoms with Crippen molar-refractivity contribution in [3.63, 3.8) is 0 Å². The molecule has 50 valence electrons. The number of nitrogens with zero attached hydrogens (tertiary/aromatic N) is 3. The van der Waals surface area contributed by atoms with Gasteiger partial charge in [0.15, 0.2) is 0 Å². The standard InChI is InChI=1S/C5H8IN3/c1-4(6)5-3-9(2)8-7-5/h3-4H,1-2H3. The van der Waals surface area contributed by atoms with Crippen LogP contribution in [0.4, 0.5) is 0 Å². The van der Waals surface area contributed by atoms with Gasteiger partial charge in [0.1, 0.15) is 0 Å². The number of halogens is 1. The lowest BCUT2D eigenvalue weighted by Gasteiger charge is -1.91. The van der Waals surface area contributed by atoms with Crippen molar-refractivity contribution in [3.8, 4) is 0 Å². The van der Waals surface area contributed by atoms with Gasteiger partial charge in [0, 0.05) is 13.2 Å². The van der Waals surface area contributed by atoms with Crippen LogP contribution in [0.5, 0.6) is 0 Å². The Morgan fingerprint density at radius 1 is 1.78 bits per heavy atom. The van der Waals surface area contributed by atoms with E-state index in [0.717, 1.165) is 5.69 Å². The summed E-state index contributed by atoms with van der Waals surface area (Å²) in [7, 11) is 1.87. The summed E-state index contributed by atoms with van der Waals surface area (Å²) in [6.07, 6.45) is 1.93. The van der Waals surface area contributed by atoms with E-state index in [2.05, 4.69) is 39.8 Å². The van der Waals surface area contributed by atoms with Crippen molar-refractivity contribution in [3.05, 3.63) is 11.9 Å². The first-order valence-electron chi connectivity index (χ1n) is 2.70. The fourth-order valence-corrected chi connectivity index (χ4v) is 0.833. The van der Waals surface area contributed by atoms with E-state index in [1.807, 2.05) is 13.2 Å². The molecule has 4 heteroatoms. The second kappa shape index (κ2) is 2.64. The summed E-state index contributed by atoms with van der Waals surface area (Å²) in [4.78, 5) is 0. The molecule has 0 aliphatic heterocycles. The Morgan fingerprint density at radius 3 is 2.67 bits per heavy atom. The van der Waals surface area contributed by atoms with Crippen LogP contribution < -0.4 is 0 Å². The number of alkyl halides is 1. The molecule has 1 aromatic rings. The minimum Gasteiger partial charge on any atom is -0.255 e. The lowest BCUT2D eigenvalue weighted by molar-refractivity contribution is 0.713. The number of rotatable bonds is 1. The van der Waals surface area contributed by atoms with Crippen molar-refractivity contribution in [2.45, 2.75) is 10.8 Å². The monoisotopic (exact) mass is 237 g/mol. The van der Waals surface area contributed by atoms with Crippen LogP contribution in [-0.4, -0.2) is 15.0 Å². The maximum Gasteiger partial charge on any atom is 0.0952 e. The average Bonchev–Trinajstić information content (AvgIpc) is 2.14. The molecule has 1 unspecified atom stereocenters. The van der Waals surface area contributed by atoms with Crippen molar-refractivity contribution < 1.29 is 0 Å². The Hall–Kier alpha value is -0.130. The van der Waals surface area contributed by atoms with Gasteiger partial charge in [0.05, 0.1) is 9.62 Å². The van der Waals surface area contributed by atoms with Crippen LogP contribution in [0.15, 0.2) is 6.20 Å². The molecule has 1 atom stereocenters. The summed E-state index contributed by atoms with van der Waals surface area (Å²) in [5.41, 5.74) is 1.04. The molecule has 0 N–H and O–H groups in total. The van der Waals surface area contributed by atoms with Crippen LogP contribution in [0.25, 0.3) is 0 Å². The molecule has 1 rings (SSSR count). The molecule has 0 fully saturated rings. The summed E-state index contributed by atoms with van der Waals surface area (Å²) in [5, 5.41) is 7.72. The zero-order valence-corrected chi connectivity index (χ0v) is 7.53. The maximum atomic E-state index is 3.92. The van der Waals surface area contributed by atoms with Gasteiger partial charge in [-0.2, -0.15) is 0 Å². The number of aromatic nitrogens is 3. The Morgan fingerprint density at radius 2 is 2.44 bits per heavy atom. The van der Waals surface area contributed by atoms with Gasteiger partial charge in [-0.15, -0.1) is 5.10 Å². The van der Waals surface area contributed by atoms with Crippen LogP contribution in [0.3, 0.4) is 0 Å². The fraction of sp³-hybridized carbons (Fsp3) is 0.600. The van der Waals surface area contributed by atoms with E-state index in [1.54, 1.807) is 4.68 Å². The summed E-state index contributed by atoms with van der Waals surface area (Å²) >= 11 is 2.31. The first-order valence-corrected chi connectivity index (χ1v) is 3.95. The molecule has 0 aliphatic rings. The highest BCUT2D eigenvalue weighted by atomic mass is 127. The molecule has 0 aromatic carbocycles. The van der Waals surface area contributed by atoms with Crippen molar-refractivity contribution >= 4 is 22.6 Å². The van der Waals surface area contributed by atoms with Crippen molar-refractivity contribution in [1.29, 1.82) is 0 Å². The second-order valence-corrected chi connectivity index (χ2v) is 3.80. The minimum atomic E-state index is 0.455. The smallest absolute Gasteiger partial charge is 0.0952 e. The normalized spacial score (nSPS) is 13.7. The molecular formula is C5H8IN3. The van der Waals surface area contributed by atoms with Crippen LogP contribution >= 0.6 is 22.6 Å². The molecule has 0 bridgehead atoms. The van der Waals surface area contributed by atoms with E-state index < -0.39 is 0 Å². The Kier molecular flexibility index (Phi) is 2.05. The largest absolute Gasteiger partial charge is 0.255 e. The zero-order chi connectivity index (χ0) is 6.85. The van der Waals surface area contributed by atoms with Gasteiger partial charge in [-0.1, -0.05) is 27.8 Å². The highest BCUT2D eigenvalue weighted by Gasteiger charge is 2.02. The van der Waals surface area contributed by atoms with Gasteiger partial charge in [-0.25, -0.2) is 0 Å². The molecule has 1 heterocycles. The summed E-state index contributed by atoms with van der Waals surface area (Å²) in [6.45, 7) is 2.09. The third-order valence-corrected chi connectivity index (χ3v) is 1.67. The highest BCUT2D eigenvalue weighted by molar-refractivity contribution is 14.1. The topological polar surface area (TPSA) is 30.7 Å². The molecule has 0 saturated heterocycles. The van der Waals surface area contributed by atoms with E-state index in [4.69, 9.17) is 0 Å². The molecule has 3 nitrogen and oxygen atoms in total. The minimum absolute atomic E-state index is 0.455. The van der Waals surface area contributed by atoms with E-state index in [0.29, 0.717) is 3.92 Å². The molecule has 0 spiro atoms. The van der Waals surface area contributed by atoms with Crippen molar-refractivity contribution in [2.75, 3.05) is 0 Å². The van der Waals surface area contributed by atoms with E-state index in [-0.39, 0.29) is 0 Å². The Balaban J connectivity index is 2.85. The lowest BCUT2D eigenvalue weighted by atomic mass is 10.4. The molecule has 1 aromatic heterocycles. The van der Waals surface area contributed by atoms with Gasteiger partial charge in [0.25, 0.3) is 0 Å². The fourth-order valence-electron chi connectivity index (χ4n) is 0.548. The molecular weight excluding hydrogens is 229 g/mol. The predicted molar refractivity (Wildman–Crippen MR) is 43.4 cm³/mol. The third kappa shape index (κ3) is 1.64. The highest BCUT2D eigenvalue weighted by Crippen LogP contribution is 2.18. The molecule has 0 saturated carbocycles. The summed E-state index contributed by atoms with van der Waals surface area (Å²) in [5.74, 6) is 0. The molecule has 0 aliphatic carbocycles. The summed E-state index contributed by atoms with van der Waals surface area (Å²) < 4.78 is 2.17. The molecule has 9 heavy (non-hydrogen) atoms. The zero-order valence-electron chi connectivity index (χ0n) is 5.37. The van der Waals surface area contributed by atoms with Gasteiger partial charge in [-0.3, -0.25) is 4.68 Å². The SMILES string of the molecule is CC(I)c1cn(C)nn1. The Labute approximate surface area is 67.6 Å². The lowest BCUT2D eigenvalue weighted by Crippen LogP contribution is -1.85. The Bertz CT molecular complexity index is 194. The van der Waals surface area contributed by atoms with Gasteiger partial charge < -0.3 is 0 Å². The first-order chi connectivity index (χ1) is 4.20. The van der Waals surface area contributed by atoms with E-state index in [1.165, 1.54) is 0 Å². The van der Waals surface area contributed by atoms with Crippen LogP contribution in [-0.2, 0) is 7.05 Å².